The molecule has 1 aliphatic rings. The highest BCUT2D eigenvalue weighted by Crippen LogP contribution is 2.23. The molecular weight excluding hydrogens is 240 g/mol. The minimum Gasteiger partial charge on any atom is -0.337 e. The number of hydrogen-bond acceptors (Lipinski definition) is 4. The molecule has 0 aromatic rings. The summed E-state index contributed by atoms with van der Waals surface area (Å²) < 4.78 is 22.8. The molecule has 0 aromatic heterocycles. The average Bonchev–Trinajstić information content (AvgIpc) is 2.25. The van der Waals surface area contributed by atoms with Gasteiger partial charge in [-0.1, -0.05) is 6.92 Å². The third-order valence-electron chi connectivity index (χ3n) is 3.52. The maximum Gasteiger partial charge on any atom is 0.240 e. The summed E-state index contributed by atoms with van der Waals surface area (Å²) in [5.41, 5.74) is 5.66. The topological polar surface area (TPSA) is 80.5 Å². The predicted molar refractivity (Wildman–Crippen MR) is 67.3 cm³/mol. The van der Waals surface area contributed by atoms with Crippen LogP contribution in [0.4, 0.5) is 0 Å². The molecule has 0 aliphatic carbocycles. The summed E-state index contributed by atoms with van der Waals surface area (Å²) in [5.74, 6) is 0.232. The lowest BCUT2D eigenvalue weighted by atomic mass is 9.92. The summed E-state index contributed by atoms with van der Waals surface area (Å²) in [4.78, 5) is 13.8. The van der Waals surface area contributed by atoms with Crippen LogP contribution in [0.2, 0.25) is 0 Å². The fourth-order valence-electron chi connectivity index (χ4n) is 2.18. The Morgan fingerprint density at radius 1 is 1.53 bits per heavy atom. The molecule has 1 heterocycles. The summed E-state index contributed by atoms with van der Waals surface area (Å²) >= 11 is 0. The Hall–Kier alpha value is -0.620. The van der Waals surface area contributed by atoms with Gasteiger partial charge in [0.25, 0.3) is 0 Å². The molecule has 2 N–H and O–H groups in total. The molecule has 0 bridgehead atoms. The van der Waals surface area contributed by atoms with Crippen LogP contribution in [0.1, 0.15) is 26.7 Å². The molecule has 100 valence electrons. The van der Waals surface area contributed by atoms with E-state index < -0.39 is 15.1 Å². The second-order valence-electron chi connectivity index (χ2n) is 5.02. The van der Waals surface area contributed by atoms with E-state index in [0.29, 0.717) is 19.0 Å². The zero-order valence-corrected chi connectivity index (χ0v) is 11.5. The molecule has 1 rings (SSSR count). The summed E-state index contributed by atoms with van der Waals surface area (Å²) in [7, 11) is -3.33. The highest BCUT2D eigenvalue weighted by atomic mass is 32.2. The van der Waals surface area contributed by atoms with Crippen LogP contribution in [0.15, 0.2) is 0 Å². The second kappa shape index (κ2) is 5.35. The van der Waals surface area contributed by atoms with Crippen molar-refractivity contribution < 1.29 is 13.2 Å². The van der Waals surface area contributed by atoms with E-state index in [1.54, 1.807) is 4.90 Å². The summed E-state index contributed by atoms with van der Waals surface area (Å²) in [6.07, 6.45) is 2.87. The lowest BCUT2D eigenvalue weighted by Gasteiger charge is -2.39. The average molecular weight is 262 g/mol. The van der Waals surface area contributed by atoms with Crippen molar-refractivity contribution in [2.24, 2.45) is 11.7 Å². The van der Waals surface area contributed by atoms with Crippen molar-refractivity contribution in [3.05, 3.63) is 0 Å². The molecule has 3 unspecified atom stereocenters. The molecule has 5 nitrogen and oxygen atoms in total. The number of carbonyl (C=O) groups is 1. The zero-order chi connectivity index (χ0) is 13.2. The first-order valence-electron chi connectivity index (χ1n) is 5.96. The maximum absolute atomic E-state index is 12.1. The number of nitrogens with zero attached hydrogens (tertiary/aromatic N) is 1. The zero-order valence-electron chi connectivity index (χ0n) is 10.7. The standard InChI is InChI=1S/C11H22N2O3S/c1-8-4-5-13(10(6-8)7-12)11(14)9(2)17(3,15)16/h8-10H,4-7,12H2,1-3H3. The number of likely N-dealkylation sites (tertiary alicyclic amines) is 1. The van der Waals surface area contributed by atoms with E-state index in [4.69, 9.17) is 5.73 Å². The Morgan fingerprint density at radius 3 is 2.59 bits per heavy atom. The van der Waals surface area contributed by atoms with Crippen LogP contribution >= 0.6 is 0 Å². The third-order valence-corrected chi connectivity index (χ3v) is 5.01. The van der Waals surface area contributed by atoms with Gasteiger partial charge in [-0.3, -0.25) is 4.79 Å². The van der Waals surface area contributed by atoms with Gasteiger partial charge in [-0.05, 0) is 25.7 Å². The van der Waals surface area contributed by atoms with Gasteiger partial charge in [0.1, 0.15) is 5.25 Å². The number of piperidine rings is 1. The van der Waals surface area contributed by atoms with Crippen molar-refractivity contribution in [3.63, 3.8) is 0 Å². The monoisotopic (exact) mass is 262 g/mol. The van der Waals surface area contributed by atoms with Gasteiger partial charge >= 0.3 is 0 Å². The quantitative estimate of drug-likeness (QED) is 0.776. The first kappa shape index (κ1) is 14.4. The molecule has 0 saturated carbocycles. The van der Waals surface area contributed by atoms with Crippen molar-refractivity contribution in [1.29, 1.82) is 0 Å². The smallest absolute Gasteiger partial charge is 0.240 e. The van der Waals surface area contributed by atoms with E-state index >= 15 is 0 Å². The summed E-state index contributed by atoms with van der Waals surface area (Å²) in [6, 6.07) is -0.0181. The van der Waals surface area contributed by atoms with Crippen molar-refractivity contribution in [1.82, 2.24) is 4.90 Å². The van der Waals surface area contributed by atoms with E-state index in [-0.39, 0.29) is 11.9 Å². The van der Waals surface area contributed by atoms with Crippen molar-refractivity contribution in [2.45, 2.75) is 38.0 Å². The molecule has 3 atom stereocenters. The van der Waals surface area contributed by atoms with E-state index in [1.165, 1.54) is 6.92 Å². The molecule has 1 saturated heterocycles. The number of rotatable bonds is 3. The van der Waals surface area contributed by atoms with Crippen LogP contribution in [-0.4, -0.2) is 49.9 Å². The van der Waals surface area contributed by atoms with Gasteiger partial charge in [0, 0.05) is 25.4 Å². The van der Waals surface area contributed by atoms with Gasteiger partial charge in [0.05, 0.1) is 0 Å². The highest BCUT2D eigenvalue weighted by molar-refractivity contribution is 7.92. The van der Waals surface area contributed by atoms with Crippen LogP contribution in [0.5, 0.6) is 0 Å². The molecule has 0 spiro atoms. The fraction of sp³-hybridized carbons (Fsp3) is 0.909. The summed E-state index contributed by atoms with van der Waals surface area (Å²) in [6.45, 7) is 4.59. The van der Waals surface area contributed by atoms with Crippen LogP contribution in [-0.2, 0) is 14.6 Å². The molecule has 0 radical (unpaired) electrons. The SMILES string of the molecule is CC1CCN(C(=O)C(C)S(C)(=O)=O)C(CN)C1. The Bertz CT molecular complexity index is 380. The minimum absolute atomic E-state index is 0.0181. The molecule has 1 aliphatic heterocycles. The van der Waals surface area contributed by atoms with Crippen molar-refractivity contribution in [2.75, 3.05) is 19.3 Å². The van der Waals surface area contributed by atoms with Gasteiger partial charge in [-0.25, -0.2) is 8.42 Å². The first-order valence-corrected chi connectivity index (χ1v) is 7.92. The maximum atomic E-state index is 12.1. The van der Waals surface area contributed by atoms with Crippen LogP contribution in [0, 0.1) is 5.92 Å². The fourth-order valence-corrected chi connectivity index (χ4v) is 2.68. The van der Waals surface area contributed by atoms with Crippen LogP contribution < -0.4 is 5.73 Å². The van der Waals surface area contributed by atoms with Crippen LogP contribution in [0.3, 0.4) is 0 Å². The van der Waals surface area contributed by atoms with Crippen molar-refractivity contribution >= 4 is 15.7 Å². The van der Waals surface area contributed by atoms with E-state index in [2.05, 4.69) is 6.92 Å². The minimum atomic E-state index is -3.33. The van der Waals surface area contributed by atoms with Gasteiger partial charge in [-0.15, -0.1) is 0 Å². The predicted octanol–water partition coefficient (Wildman–Crippen LogP) is 0.00530. The van der Waals surface area contributed by atoms with Crippen molar-refractivity contribution in [3.8, 4) is 0 Å². The number of amides is 1. The highest BCUT2D eigenvalue weighted by Gasteiger charge is 2.34. The Morgan fingerprint density at radius 2 is 2.12 bits per heavy atom. The molecule has 1 amide bonds. The van der Waals surface area contributed by atoms with Gasteiger partial charge in [0.2, 0.25) is 5.91 Å². The van der Waals surface area contributed by atoms with Gasteiger partial charge in [-0.2, -0.15) is 0 Å². The Labute approximate surface area is 103 Å². The Balaban J connectivity index is 2.81. The number of hydrogen-bond donors (Lipinski definition) is 1. The third kappa shape index (κ3) is 3.42. The molecule has 0 aromatic carbocycles. The lowest BCUT2D eigenvalue weighted by molar-refractivity contribution is -0.134. The molecule has 17 heavy (non-hydrogen) atoms. The largest absolute Gasteiger partial charge is 0.337 e. The second-order valence-corrected chi connectivity index (χ2v) is 7.39. The van der Waals surface area contributed by atoms with Crippen LogP contribution in [0.25, 0.3) is 0 Å². The summed E-state index contributed by atoms with van der Waals surface area (Å²) in [5, 5.41) is -0.968. The number of sulfone groups is 1. The number of carbonyl (C=O) groups excluding carboxylic acids is 1. The lowest BCUT2D eigenvalue weighted by Crippen LogP contribution is -2.53. The normalized spacial score (nSPS) is 27.9. The van der Waals surface area contributed by atoms with Gasteiger partial charge < -0.3 is 10.6 Å². The molecule has 1 fully saturated rings. The first-order chi connectivity index (χ1) is 7.77. The van der Waals surface area contributed by atoms with E-state index in [1.807, 2.05) is 0 Å². The Kier molecular flexibility index (Phi) is 4.55. The molecular formula is C11H22N2O3S. The van der Waals surface area contributed by atoms with E-state index in [9.17, 15) is 13.2 Å². The number of nitrogens with two attached hydrogens (primary N) is 1. The molecule has 6 heteroatoms. The van der Waals surface area contributed by atoms with Gasteiger partial charge in [0.15, 0.2) is 9.84 Å². The van der Waals surface area contributed by atoms with E-state index in [0.717, 1.165) is 19.1 Å².